The van der Waals surface area contributed by atoms with Gasteiger partial charge in [0.05, 0.1) is 22.0 Å². The molecular weight excluding hydrogens is 376 g/mol. The first-order valence-corrected chi connectivity index (χ1v) is 10.3. The number of anilines is 1. The van der Waals surface area contributed by atoms with E-state index < -0.39 is 5.97 Å². The van der Waals surface area contributed by atoms with Crippen molar-refractivity contribution in [3.63, 3.8) is 0 Å². The van der Waals surface area contributed by atoms with Gasteiger partial charge in [-0.15, -0.1) is 23.1 Å². The van der Waals surface area contributed by atoms with Gasteiger partial charge in [-0.1, -0.05) is 18.5 Å². The number of hydrogen-bond donors (Lipinski definition) is 2. The second kappa shape index (κ2) is 8.25. The Morgan fingerprint density at radius 3 is 2.84 bits per heavy atom. The lowest BCUT2D eigenvalue weighted by atomic mass is 9.92. The number of hydrogen-bond acceptors (Lipinski definition) is 5. The summed E-state index contributed by atoms with van der Waals surface area (Å²) >= 11 is 9.51. The van der Waals surface area contributed by atoms with Crippen molar-refractivity contribution < 1.29 is 9.90 Å². The first kappa shape index (κ1) is 18.3. The molecule has 1 atom stereocenters. The van der Waals surface area contributed by atoms with E-state index in [1.165, 1.54) is 9.09 Å². The molecule has 1 aromatic carbocycles. The number of fused-ring (bicyclic) bond motifs is 1. The molecule has 1 unspecified atom stereocenters. The minimum Gasteiger partial charge on any atom is -0.481 e. The molecule has 0 bridgehead atoms. The number of carboxylic acid groups (broad SMARTS) is 1. The summed E-state index contributed by atoms with van der Waals surface area (Å²) in [4.78, 5) is 12.6. The number of rotatable bonds is 5. The largest absolute Gasteiger partial charge is 0.481 e. The number of carbonyl (C=O) groups is 1. The van der Waals surface area contributed by atoms with Crippen LogP contribution in [0, 0.1) is 5.92 Å². The molecule has 1 aliphatic heterocycles. The van der Waals surface area contributed by atoms with Crippen molar-refractivity contribution >= 4 is 52.1 Å². The summed E-state index contributed by atoms with van der Waals surface area (Å²) in [5.41, 5.74) is 5.82. The zero-order chi connectivity index (χ0) is 17.8. The Kier molecular flexibility index (Phi) is 6.04. The summed E-state index contributed by atoms with van der Waals surface area (Å²) in [6.45, 7) is 2.13. The van der Waals surface area contributed by atoms with Crippen LogP contribution in [-0.4, -0.2) is 22.5 Å². The fraction of sp³-hybridized carbons (Fsp3) is 0.333. The molecule has 7 heteroatoms. The Morgan fingerprint density at radius 1 is 1.40 bits per heavy atom. The van der Waals surface area contributed by atoms with Crippen LogP contribution in [0.3, 0.4) is 0 Å². The highest BCUT2D eigenvalue weighted by molar-refractivity contribution is 8.01. The number of halogens is 1. The van der Waals surface area contributed by atoms with Crippen molar-refractivity contribution in [1.29, 1.82) is 0 Å². The Balaban J connectivity index is 1.96. The summed E-state index contributed by atoms with van der Waals surface area (Å²) in [5.74, 6) is 0.0307. The molecule has 1 aliphatic rings. The Bertz CT molecular complexity index is 787. The molecule has 0 spiro atoms. The van der Waals surface area contributed by atoms with Gasteiger partial charge in [-0.05, 0) is 48.9 Å². The third kappa shape index (κ3) is 4.57. The molecule has 0 aliphatic carbocycles. The van der Waals surface area contributed by atoms with E-state index in [4.69, 9.17) is 11.6 Å². The van der Waals surface area contributed by atoms with Gasteiger partial charge in [0.15, 0.2) is 0 Å². The molecule has 25 heavy (non-hydrogen) atoms. The number of benzene rings is 1. The van der Waals surface area contributed by atoms with Gasteiger partial charge >= 0.3 is 5.97 Å². The van der Waals surface area contributed by atoms with Gasteiger partial charge in [-0.25, -0.2) is 0 Å². The summed E-state index contributed by atoms with van der Waals surface area (Å²) in [5, 5.41) is 14.6. The van der Waals surface area contributed by atoms with Crippen molar-refractivity contribution in [3.8, 4) is 0 Å². The zero-order valence-electron chi connectivity index (χ0n) is 13.8. The van der Waals surface area contributed by atoms with Crippen molar-refractivity contribution in [2.24, 2.45) is 11.0 Å². The first-order chi connectivity index (χ1) is 12.1. The number of hydrazone groups is 1. The summed E-state index contributed by atoms with van der Waals surface area (Å²) in [6, 6.07) is 9.47. The average molecular weight is 395 g/mol. The number of aryl methyl sites for hydroxylation is 1. The van der Waals surface area contributed by atoms with Crippen LogP contribution >= 0.6 is 34.7 Å². The SMILES string of the molecule is CCc1cc2c(s1)SCCC(CC(=O)O)/C2=N\Nc1ccc(Cl)cc1. The minimum absolute atomic E-state index is 0.0923. The number of thioether (sulfide) groups is 1. The van der Waals surface area contributed by atoms with Gasteiger partial charge in [0, 0.05) is 21.4 Å². The topological polar surface area (TPSA) is 61.7 Å². The normalized spacial score (nSPS) is 18.6. The lowest BCUT2D eigenvalue weighted by molar-refractivity contribution is -0.137. The van der Waals surface area contributed by atoms with Crippen molar-refractivity contribution in [3.05, 3.63) is 45.8 Å². The van der Waals surface area contributed by atoms with E-state index in [2.05, 4.69) is 23.5 Å². The quantitative estimate of drug-likeness (QED) is 0.669. The highest BCUT2D eigenvalue weighted by Crippen LogP contribution is 2.39. The van der Waals surface area contributed by atoms with Crippen LogP contribution in [0.1, 0.15) is 30.2 Å². The van der Waals surface area contributed by atoms with Crippen LogP contribution in [-0.2, 0) is 11.2 Å². The first-order valence-electron chi connectivity index (χ1n) is 8.13. The smallest absolute Gasteiger partial charge is 0.304 e. The van der Waals surface area contributed by atoms with Crippen LogP contribution in [0.4, 0.5) is 5.69 Å². The fourth-order valence-corrected chi connectivity index (χ4v) is 5.42. The molecule has 1 aromatic heterocycles. The van der Waals surface area contributed by atoms with E-state index in [0.717, 1.165) is 35.6 Å². The molecule has 2 heterocycles. The molecule has 2 aromatic rings. The maximum absolute atomic E-state index is 11.3. The van der Waals surface area contributed by atoms with Gasteiger partial charge in [0.25, 0.3) is 0 Å². The predicted molar refractivity (Wildman–Crippen MR) is 106 cm³/mol. The van der Waals surface area contributed by atoms with Gasteiger partial charge in [0.1, 0.15) is 0 Å². The molecule has 2 N–H and O–H groups in total. The molecule has 0 amide bonds. The van der Waals surface area contributed by atoms with Crippen molar-refractivity contribution in [2.75, 3.05) is 11.2 Å². The van der Waals surface area contributed by atoms with Crippen molar-refractivity contribution in [1.82, 2.24) is 0 Å². The lowest BCUT2D eigenvalue weighted by Crippen LogP contribution is -2.20. The standard InChI is InChI=1S/C18H19ClN2O2S2/c1-2-14-10-15-17(21-20-13-5-3-12(19)4-6-13)11(9-16(22)23)7-8-24-18(15)25-14/h3-6,10-11,20H,2,7-9H2,1H3,(H,22,23)/b21-17+. The summed E-state index contributed by atoms with van der Waals surface area (Å²) in [7, 11) is 0. The third-order valence-electron chi connectivity index (χ3n) is 4.03. The number of nitrogens with one attached hydrogen (secondary N) is 1. The zero-order valence-corrected chi connectivity index (χ0v) is 16.2. The van der Waals surface area contributed by atoms with Crippen molar-refractivity contribution in [2.45, 2.75) is 30.4 Å². The Hall–Kier alpha value is -1.50. The van der Waals surface area contributed by atoms with Gasteiger partial charge in [0.2, 0.25) is 0 Å². The molecule has 0 fully saturated rings. The van der Waals surface area contributed by atoms with E-state index in [-0.39, 0.29) is 12.3 Å². The maximum atomic E-state index is 11.3. The van der Waals surface area contributed by atoms with E-state index in [0.29, 0.717) is 5.02 Å². The molecular formula is C18H19ClN2O2S2. The van der Waals surface area contributed by atoms with E-state index in [9.17, 15) is 9.90 Å². The van der Waals surface area contributed by atoms with E-state index in [1.807, 2.05) is 12.1 Å². The molecule has 3 rings (SSSR count). The molecule has 0 saturated heterocycles. The van der Waals surface area contributed by atoms with Gasteiger partial charge < -0.3 is 5.11 Å². The minimum atomic E-state index is -0.788. The number of thiophene rings is 1. The summed E-state index contributed by atoms with van der Waals surface area (Å²) < 4.78 is 1.24. The average Bonchev–Trinajstić information content (AvgIpc) is 2.92. The lowest BCUT2D eigenvalue weighted by Gasteiger charge is -2.15. The monoisotopic (exact) mass is 394 g/mol. The van der Waals surface area contributed by atoms with E-state index >= 15 is 0 Å². The highest BCUT2D eigenvalue weighted by Gasteiger charge is 2.28. The number of aliphatic carboxylic acids is 1. The van der Waals surface area contributed by atoms with Crippen LogP contribution < -0.4 is 5.43 Å². The predicted octanol–water partition coefficient (Wildman–Crippen LogP) is 5.37. The van der Waals surface area contributed by atoms with Crippen LogP contribution in [0.5, 0.6) is 0 Å². The highest BCUT2D eigenvalue weighted by atomic mass is 35.5. The fourth-order valence-electron chi connectivity index (χ4n) is 2.74. The van der Waals surface area contributed by atoms with Crippen LogP contribution in [0.2, 0.25) is 5.02 Å². The molecule has 132 valence electrons. The molecule has 0 saturated carbocycles. The molecule has 0 radical (unpaired) electrons. The van der Waals surface area contributed by atoms with Gasteiger partial charge in [-0.3, -0.25) is 10.2 Å². The maximum Gasteiger partial charge on any atom is 0.304 e. The second-order valence-electron chi connectivity index (χ2n) is 5.82. The van der Waals surface area contributed by atoms with Gasteiger partial charge in [-0.2, -0.15) is 5.10 Å². The van der Waals surface area contributed by atoms with Crippen LogP contribution in [0.25, 0.3) is 0 Å². The molecule has 4 nitrogen and oxygen atoms in total. The third-order valence-corrected chi connectivity index (χ3v) is 6.88. The number of carboxylic acids is 1. The second-order valence-corrected chi connectivity index (χ2v) is 8.75. The Morgan fingerprint density at radius 2 is 2.16 bits per heavy atom. The number of nitrogens with zero attached hydrogens (tertiary/aromatic N) is 1. The summed E-state index contributed by atoms with van der Waals surface area (Å²) in [6.07, 6.45) is 1.87. The van der Waals surface area contributed by atoms with E-state index in [1.54, 1.807) is 35.2 Å². The Labute approximate surface area is 160 Å². The van der Waals surface area contributed by atoms with Crippen LogP contribution in [0.15, 0.2) is 39.6 Å².